The van der Waals surface area contributed by atoms with E-state index in [4.69, 9.17) is 17.0 Å². The number of thioether (sulfide) groups is 1. The second-order valence-electron chi connectivity index (χ2n) is 5.61. The summed E-state index contributed by atoms with van der Waals surface area (Å²) in [4.78, 5) is 14.6. The largest absolute Gasteiger partial charge is 0.493 e. The first kappa shape index (κ1) is 19.3. The summed E-state index contributed by atoms with van der Waals surface area (Å²) in [7, 11) is 1.36. The van der Waals surface area contributed by atoms with Crippen molar-refractivity contribution < 1.29 is 23.0 Å². The predicted octanol–water partition coefficient (Wildman–Crippen LogP) is 5.01. The van der Waals surface area contributed by atoms with Gasteiger partial charge >= 0.3 is 6.61 Å². The summed E-state index contributed by atoms with van der Waals surface area (Å²) in [5.74, 6) is -0.298. The molecule has 0 aliphatic carbocycles. The van der Waals surface area contributed by atoms with Crippen LogP contribution in [0.1, 0.15) is 11.1 Å². The maximum absolute atomic E-state index is 12.8. The average Bonchev–Trinajstić information content (AvgIpc) is 2.90. The SMILES string of the molecule is COc1cccc(/C=C2\SC(=S)N(c3ccc(C)cc3)C2=O)c1OC(F)F. The molecule has 1 heterocycles. The topological polar surface area (TPSA) is 38.8 Å². The highest BCUT2D eigenvalue weighted by atomic mass is 32.2. The number of methoxy groups -OCH3 is 1. The number of aryl methyl sites for hydroxylation is 1. The normalized spacial score (nSPS) is 15.7. The molecule has 3 rings (SSSR count). The second kappa shape index (κ2) is 8.06. The Morgan fingerprint density at radius 2 is 1.89 bits per heavy atom. The molecule has 2 aromatic rings. The number of amides is 1. The molecule has 1 saturated heterocycles. The molecular weight excluding hydrogens is 392 g/mol. The van der Waals surface area contributed by atoms with Crippen LogP contribution in [-0.2, 0) is 4.79 Å². The number of carbonyl (C=O) groups is 1. The Balaban J connectivity index is 1.98. The Labute approximate surface area is 164 Å². The van der Waals surface area contributed by atoms with Crippen LogP contribution in [0.25, 0.3) is 6.08 Å². The van der Waals surface area contributed by atoms with Crippen LogP contribution in [0, 0.1) is 6.92 Å². The minimum Gasteiger partial charge on any atom is -0.493 e. The lowest BCUT2D eigenvalue weighted by Gasteiger charge is -2.14. The zero-order valence-corrected chi connectivity index (χ0v) is 16.1. The molecule has 0 saturated carbocycles. The molecular formula is C19H15F2NO3S2. The molecule has 4 nitrogen and oxygen atoms in total. The zero-order chi connectivity index (χ0) is 19.6. The summed E-state index contributed by atoms with van der Waals surface area (Å²) >= 11 is 6.43. The van der Waals surface area contributed by atoms with Crippen molar-refractivity contribution >= 4 is 46.0 Å². The van der Waals surface area contributed by atoms with E-state index in [2.05, 4.69) is 4.74 Å². The van der Waals surface area contributed by atoms with Crippen LogP contribution in [-0.4, -0.2) is 23.9 Å². The molecule has 1 amide bonds. The highest BCUT2D eigenvalue weighted by molar-refractivity contribution is 8.27. The van der Waals surface area contributed by atoms with Gasteiger partial charge in [0.05, 0.1) is 17.7 Å². The van der Waals surface area contributed by atoms with E-state index >= 15 is 0 Å². The van der Waals surface area contributed by atoms with Crippen molar-refractivity contribution in [1.82, 2.24) is 0 Å². The molecule has 0 N–H and O–H groups in total. The Morgan fingerprint density at radius 1 is 1.19 bits per heavy atom. The molecule has 0 aromatic heterocycles. The number of nitrogens with zero attached hydrogens (tertiary/aromatic N) is 1. The van der Waals surface area contributed by atoms with Crippen molar-refractivity contribution in [3.63, 3.8) is 0 Å². The smallest absolute Gasteiger partial charge is 0.387 e. The van der Waals surface area contributed by atoms with Gasteiger partial charge in [-0.15, -0.1) is 0 Å². The third-order valence-electron chi connectivity index (χ3n) is 3.81. The van der Waals surface area contributed by atoms with Crippen LogP contribution < -0.4 is 14.4 Å². The van der Waals surface area contributed by atoms with Crippen LogP contribution in [0.4, 0.5) is 14.5 Å². The van der Waals surface area contributed by atoms with Crippen molar-refractivity contribution in [3.8, 4) is 11.5 Å². The Kier molecular flexibility index (Phi) is 5.76. The number of anilines is 1. The van der Waals surface area contributed by atoms with Crippen LogP contribution in [0.15, 0.2) is 47.4 Å². The molecule has 0 bridgehead atoms. The van der Waals surface area contributed by atoms with Gasteiger partial charge < -0.3 is 9.47 Å². The van der Waals surface area contributed by atoms with Gasteiger partial charge in [0.2, 0.25) is 0 Å². The molecule has 0 spiro atoms. The third-order valence-corrected chi connectivity index (χ3v) is 5.11. The number of para-hydroxylation sites is 1. The molecule has 8 heteroatoms. The molecule has 140 valence electrons. The van der Waals surface area contributed by atoms with E-state index in [0.717, 1.165) is 17.3 Å². The van der Waals surface area contributed by atoms with Gasteiger partial charge in [0.15, 0.2) is 15.8 Å². The Morgan fingerprint density at radius 3 is 2.52 bits per heavy atom. The summed E-state index contributed by atoms with van der Waals surface area (Å²) in [5.41, 5.74) is 2.02. The van der Waals surface area contributed by atoms with Gasteiger partial charge in [-0.25, -0.2) is 0 Å². The van der Waals surface area contributed by atoms with Gasteiger partial charge in [-0.3, -0.25) is 9.69 Å². The van der Waals surface area contributed by atoms with Crippen molar-refractivity contribution in [3.05, 3.63) is 58.5 Å². The maximum Gasteiger partial charge on any atom is 0.387 e. The molecule has 0 radical (unpaired) electrons. The summed E-state index contributed by atoms with van der Waals surface area (Å²) in [6.45, 7) is -1.07. The molecule has 27 heavy (non-hydrogen) atoms. The number of thiocarbonyl (C=S) groups is 1. The molecule has 1 fully saturated rings. The number of hydrogen-bond acceptors (Lipinski definition) is 5. The maximum atomic E-state index is 12.8. The van der Waals surface area contributed by atoms with Gasteiger partial charge in [-0.05, 0) is 31.2 Å². The number of halogens is 2. The minimum atomic E-state index is -3.02. The fourth-order valence-electron chi connectivity index (χ4n) is 2.55. The third kappa shape index (κ3) is 4.12. The van der Waals surface area contributed by atoms with Gasteiger partial charge in [0.1, 0.15) is 0 Å². The standard InChI is InChI=1S/C19H15F2NO3S2/c1-11-6-8-13(9-7-11)22-17(23)15(27-19(22)26)10-12-4-3-5-14(24-2)16(12)25-18(20)21/h3-10,18H,1-2H3/b15-10-. The predicted molar refractivity (Wildman–Crippen MR) is 106 cm³/mol. The lowest BCUT2D eigenvalue weighted by atomic mass is 10.1. The minimum absolute atomic E-state index is 0.129. The number of carbonyl (C=O) groups excluding carboxylic acids is 1. The molecule has 0 atom stereocenters. The number of hydrogen-bond donors (Lipinski definition) is 0. The first-order valence-electron chi connectivity index (χ1n) is 7.87. The number of alkyl halides is 2. The van der Waals surface area contributed by atoms with Crippen molar-refractivity contribution in [2.75, 3.05) is 12.0 Å². The van der Waals surface area contributed by atoms with Gasteiger partial charge in [-0.2, -0.15) is 8.78 Å². The van der Waals surface area contributed by atoms with E-state index in [1.807, 2.05) is 19.1 Å². The molecule has 1 aliphatic rings. The molecule has 0 unspecified atom stereocenters. The van der Waals surface area contributed by atoms with Crippen LogP contribution in [0.2, 0.25) is 0 Å². The van der Waals surface area contributed by atoms with E-state index < -0.39 is 6.61 Å². The quantitative estimate of drug-likeness (QED) is 0.515. The van der Waals surface area contributed by atoms with Crippen molar-refractivity contribution in [1.29, 1.82) is 0 Å². The van der Waals surface area contributed by atoms with E-state index in [1.54, 1.807) is 24.3 Å². The van der Waals surface area contributed by atoms with Crippen molar-refractivity contribution in [2.45, 2.75) is 13.5 Å². The average molecular weight is 407 g/mol. The number of ether oxygens (including phenoxy) is 2. The van der Waals surface area contributed by atoms with E-state index in [0.29, 0.717) is 20.5 Å². The van der Waals surface area contributed by atoms with Gasteiger partial charge in [0, 0.05) is 5.56 Å². The lowest BCUT2D eigenvalue weighted by Crippen LogP contribution is -2.27. The van der Waals surface area contributed by atoms with E-state index in [-0.39, 0.29) is 17.4 Å². The number of benzene rings is 2. The molecule has 2 aromatic carbocycles. The van der Waals surface area contributed by atoms with Crippen LogP contribution in [0.3, 0.4) is 0 Å². The first-order chi connectivity index (χ1) is 12.9. The van der Waals surface area contributed by atoms with Crippen molar-refractivity contribution in [2.24, 2.45) is 0 Å². The van der Waals surface area contributed by atoms with Crippen LogP contribution >= 0.6 is 24.0 Å². The Hall–Kier alpha value is -2.45. The monoisotopic (exact) mass is 407 g/mol. The summed E-state index contributed by atoms with van der Waals surface area (Å²) < 4.78 is 35.6. The fourth-order valence-corrected chi connectivity index (χ4v) is 3.84. The first-order valence-corrected chi connectivity index (χ1v) is 9.09. The van der Waals surface area contributed by atoms with Crippen LogP contribution in [0.5, 0.6) is 11.5 Å². The second-order valence-corrected chi connectivity index (χ2v) is 7.29. The fraction of sp³-hybridized carbons (Fsp3) is 0.158. The summed E-state index contributed by atoms with van der Waals surface area (Å²) in [6, 6.07) is 12.1. The van der Waals surface area contributed by atoms with Gasteiger partial charge in [-0.1, -0.05) is 53.8 Å². The number of rotatable bonds is 5. The summed E-state index contributed by atoms with van der Waals surface area (Å²) in [5, 5.41) is 0. The van der Waals surface area contributed by atoms with E-state index in [1.165, 1.54) is 24.2 Å². The summed E-state index contributed by atoms with van der Waals surface area (Å²) in [6.07, 6.45) is 1.48. The van der Waals surface area contributed by atoms with E-state index in [9.17, 15) is 13.6 Å². The highest BCUT2D eigenvalue weighted by Crippen LogP contribution is 2.39. The zero-order valence-electron chi connectivity index (χ0n) is 14.4. The lowest BCUT2D eigenvalue weighted by molar-refractivity contribution is -0.113. The molecule has 1 aliphatic heterocycles. The van der Waals surface area contributed by atoms with Gasteiger partial charge in [0.25, 0.3) is 5.91 Å². The highest BCUT2D eigenvalue weighted by Gasteiger charge is 2.33. The Bertz CT molecular complexity index is 914.